The summed E-state index contributed by atoms with van der Waals surface area (Å²) in [5.41, 5.74) is -0.482. The highest BCUT2D eigenvalue weighted by Crippen LogP contribution is 2.27. The number of H-pyrrole nitrogens is 1. The number of morpholine rings is 1. The predicted molar refractivity (Wildman–Crippen MR) is 103 cm³/mol. The van der Waals surface area contributed by atoms with Crippen molar-refractivity contribution in [3.05, 3.63) is 62.8 Å². The molecule has 0 bridgehead atoms. The molecule has 2 atom stereocenters. The van der Waals surface area contributed by atoms with Crippen LogP contribution >= 0.6 is 0 Å². The zero-order chi connectivity index (χ0) is 19.4. The predicted octanol–water partition coefficient (Wildman–Crippen LogP) is 0.138. The molecule has 0 amide bonds. The third kappa shape index (κ3) is 4.13. The van der Waals surface area contributed by atoms with Gasteiger partial charge in [0.1, 0.15) is 5.82 Å². The van der Waals surface area contributed by atoms with E-state index in [1.54, 1.807) is 7.05 Å². The zero-order valence-corrected chi connectivity index (χ0v) is 15.6. The number of hydrogen-bond donors (Lipinski definition) is 3. The SMILES string of the molecule is C[C@@H]1COC[C@@](CO)(CNc2cc(=O)[nH]c(=O)n2C)N1Cc1ccccc1. The summed E-state index contributed by atoms with van der Waals surface area (Å²) in [6.45, 7) is 3.88. The number of aromatic nitrogens is 2. The number of aromatic amines is 1. The van der Waals surface area contributed by atoms with Crippen LogP contribution in [0.1, 0.15) is 12.5 Å². The lowest BCUT2D eigenvalue weighted by atomic mass is 9.94. The third-order valence-corrected chi connectivity index (χ3v) is 5.12. The molecule has 1 aliphatic heterocycles. The van der Waals surface area contributed by atoms with Crippen LogP contribution in [-0.2, 0) is 18.3 Å². The quantitative estimate of drug-likeness (QED) is 0.665. The maximum Gasteiger partial charge on any atom is 0.329 e. The summed E-state index contributed by atoms with van der Waals surface area (Å²) in [6, 6.07) is 11.5. The lowest BCUT2D eigenvalue weighted by Gasteiger charge is -2.49. The van der Waals surface area contributed by atoms with Crippen molar-refractivity contribution in [1.82, 2.24) is 14.5 Å². The molecule has 2 heterocycles. The topological polar surface area (TPSA) is 99.6 Å². The molecule has 1 saturated heterocycles. The van der Waals surface area contributed by atoms with Crippen molar-refractivity contribution in [1.29, 1.82) is 0 Å². The van der Waals surface area contributed by atoms with E-state index in [2.05, 4.69) is 34.3 Å². The second kappa shape index (κ2) is 8.08. The smallest absolute Gasteiger partial charge is 0.329 e. The lowest BCUT2D eigenvalue weighted by Crippen LogP contribution is -2.65. The minimum absolute atomic E-state index is 0.107. The minimum atomic E-state index is -0.674. The summed E-state index contributed by atoms with van der Waals surface area (Å²) >= 11 is 0. The van der Waals surface area contributed by atoms with Crippen molar-refractivity contribution < 1.29 is 9.84 Å². The fourth-order valence-corrected chi connectivity index (χ4v) is 3.49. The van der Waals surface area contributed by atoms with Gasteiger partial charge in [-0.05, 0) is 12.5 Å². The molecule has 3 rings (SSSR count). The van der Waals surface area contributed by atoms with Crippen LogP contribution in [-0.4, -0.2) is 57.5 Å². The molecular weight excluding hydrogens is 348 g/mol. The summed E-state index contributed by atoms with van der Waals surface area (Å²) in [7, 11) is 1.58. The molecule has 1 aromatic heterocycles. The molecule has 8 nitrogen and oxygen atoms in total. The van der Waals surface area contributed by atoms with E-state index >= 15 is 0 Å². The number of nitrogens with one attached hydrogen (secondary N) is 2. The average molecular weight is 374 g/mol. The standard InChI is InChI=1S/C19H26N4O4/c1-14-10-27-13-19(12-24,23(14)9-15-6-4-3-5-7-15)11-20-16-8-17(25)21-18(26)22(16)2/h3-8,14,20,24H,9-13H2,1-2H3,(H,21,25,26)/t14-,19+/m1/s1. The number of hydrogen-bond acceptors (Lipinski definition) is 6. The van der Waals surface area contributed by atoms with Crippen LogP contribution in [0.5, 0.6) is 0 Å². The summed E-state index contributed by atoms with van der Waals surface area (Å²) < 4.78 is 7.08. The van der Waals surface area contributed by atoms with Crippen LogP contribution in [0.2, 0.25) is 0 Å². The summed E-state index contributed by atoms with van der Waals surface area (Å²) in [5, 5.41) is 13.4. The first-order valence-corrected chi connectivity index (χ1v) is 8.99. The van der Waals surface area contributed by atoms with Gasteiger partial charge in [0.05, 0.1) is 25.4 Å². The van der Waals surface area contributed by atoms with Gasteiger partial charge in [-0.2, -0.15) is 0 Å². The van der Waals surface area contributed by atoms with E-state index in [-0.39, 0.29) is 12.6 Å². The van der Waals surface area contributed by atoms with E-state index in [1.807, 2.05) is 18.2 Å². The molecule has 1 fully saturated rings. The number of anilines is 1. The van der Waals surface area contributed by atoms with Crippen molar-refractivity contribution in [3.8, 4) is 0 Å². The highest BCUT2D eigenvalue weighted by Gasteiger charge is 2.42. The molecule has 0 spiro atoms. The van der Waals surface area contributed by atoms with Crippen LogP contribution in [0, 0.1) is 0 Å². The van der Waals surface area contributed by atoms with E-state index in [9.17, 15) is 14.7 Å². The Morgan fingerprint density at radius 1 is 1.33 bits per heavy atom. The molecule has 27 heavy (non-hydrogen) atoms. The Bertz CT molecular complexity index is 879. The molecule has 0 radical (unpaired) electrons. The molecule has 146 valence electrons. The molecule has 0 unspecified atom stereocenters. The Hall–Kier alpha value is -2.42. The molecule has 1 aromatic carbocycles. The lowest BCUT2D eigenvalue weighted by molar-refractivity contribution is -0.117. The summed E-state index contributed by atoms with van der Waals surface area (Å²) in [5.74, 6) is 0.398. The number of aliphatic hydroxyl groups excluding tert-OH is 1. The second-order valence-corrected chi connectivity index (χ2v) is 7.10. The Morgan fingerprint density at radius 3 is 2.78 bits per heavy atom. The highest BCUT2D eigenvalue weighted by molar-refractivity contribution is 5.34. The monoisotopic (exact) mass is 374 g/mol. The molecule has 0 aliphatic carbocycles. The number of ether oxygens (including phenoxy) is 1. The molecule has 2 aromatic rings. The average Bonchev–Trinajstić information content (AvgIpc) is 2.66. The van der Waals surface area contributed by atoms with Crippen molar-refractivity contribution in [3.63, 3.8) is 0 Å². The van der Waals surface area contributed by atoms with Gasteiger partial charge in [-0.25, -0.2) is 4.79 Å². The molecule has 0 saturated carbocycles. The molecule has 3 N–H and O–H groups in total. The van der Waals surface area contributed by atoms with Crippen LogP contribution in [0.25, 0.3) is 0 Å². The van der Waals surface area contributed by atoms with E-state index in [0.29, 0.717) is 32.1 Å². The van der Waals surface area contributed by atoms with Gasteiger partial charge in [-0.1, -0.05) is 30.3 Å². The fraction of sp³-hybridized carbons (Fsp3) is 0.474. The van der Waals surface area contributed by atoms with Crippen molar-refractivity contribution in [2.24, 2.45) is 7.05 Å². The van der Waals surface area contributed by atoms with Crippen LogP contribution in [0.3, 0.4) is 0 Å². The maximum absolute atomic E-state index is 11.8. The Morgan fingerprint density at radius 2 is 2.07 bits per heavy atom. The Balaban J connectivity index is 1.86. The van der Waals surface area contributed by atoms with Gasteiger partial charge in [-0.3, -0.25) is 19.2 Å². The van der Waals surface area contributed by atoms with E-state index < -0.39 is 16.8 Å². The number of aliphatic hydroxyl groups is 1. The first-order chi connectivity index (χ1) is 12.9. The largest absolute Gasteiger partial charge is 0.394 e. The number of nitrogens with zero attached hydrogens (tertiary/aromatic N) is 2. The van der Waals surface area contributed by atoms with Crippen molar-refractivity contribution >= 4 is 5.82 Å². The Labute approximate surface area is 157 Å². The highest BCUT2D eigenvalue weighted by atomic mass is 16.5. The normalized spacial score (nSPS) is 23.3. The van der Waals surface area contributed by atoms with E-state index in [4.69, 9.17) is 4.74 Å². The third-order valence-electron chi connectivity index (χ3n) is 5.12. The maximum atomic E-state index is 11.8. The van der Waals surface area contributed by atoms with Crippen LogP contribution in [0.15, 0.2) is 46.0 Å². The van der Waals surface area contributed by atoms with E-state index in [1.165, 1.54) is 10.6 Å². The first kappa shape index (κ1) is 19.3. The van der Waals surface area contributed by atoms with Crippen molar-refractivity contribution in [2.75, 3.05) is 31.7 Å². The fourth-order valence-electron chi connectivity index (χ4n) is 3.49. The molecule has 1 aliphatic rings. The second-order valence-electron chi connectivity index (χ2n) is 7.10. The van der Waals surface area contributed by atoms with Crippen LogP contribution in [0.4, 0.5) is 5.82 Å². The van der Waals surface area contributed by atoms with Crippen LogP contribution < -0.4 is 16.6 Å². The minimum Gasteiger partial charge on any atom is -0.394 e. The summed E-state index contributed by atoms with van der Waals surface area (Å²) in [4.78, 5) is 27.9. The number of rotatable bonds is 6. The molecular formula is C19H26N4O4. The van der Waals surface area contributed by atoms with Gasteiger partial charge >= 0.3 is 5.69 Å². The van der Waals surface area contributed by atoms with Gasteiger partial charge in [0, 0.05) is 32.2 Å². The zero-order valence-electron chi connectivity index (χ0n) is 15.6. The van der Waals surface area contributed by atoms with Gasteiger partial charge in [0.25, 0.3) is 5.56 Å². The summed E-state index contributed by atoms with van der Waals surface area (Å²) in [6.07, 6.45) is 0. The van der Waals surface area contributed by atoms with Gasteiger partial charge in [0.2, 0.25) is 0 Å². The van der Waals surface area contributed by atoms with Gasteiger partial charge < -0.3 is 15.2 Å². The van der Waals surface area contributed by atoms with E-state index in [0.717, 1.165) is 5.56 Å². The van der Waals surface area contributed by atoms with Crippen molar-refractivity contribution in [2.45, 2.75) is 25.0 Å². The number of benzene rings is 1. The Kier molecular flexibility index (Phi) is 5.79. The first-order valence-electron chi connectivity index (χ1n) is 8.99. The molecule has 8 heteroatoms. The van der Waals surface area contributed by atoms with Gasteiger partial charge in [-0.15, -0.1) is 0 Å². The van der Waals surface area contributed by atoms with Gasteiger partial charge in [0.15, 0.2) is 0 Å².